The third kappa shape index (κ3) is 2.73. The van der Waals surface area contributed by atoms with E-state index < -0.39 is 0 Å². The lowest BCUT2D eigenvalue weighted by atomic mass is 10.1. The van der Waals surface area contributed by atoms with Crippen molar-refractivity contribution in [2.24, 2.45) is 0 Å². The lowest BCUT2D eigenvalue weighted by molar-refractivity contribution is 0.0935. The highest BCUT2D eigenvalue weighted by molar-refractivity contribution is 5.97. The number of nitrogens with one attached hydrogen (secondary N) is 1. The third-order valence-corrected chi connectivity index (χ3v) is 3.28. The summed E-state index contributed by atoms with van der Waals surface area (Å²) in [6, 6.07) is 10.6. The van der Waals surface area contributed by atoms with Crippen LogP contribution in [-0.4, -0.2) is 26.1 Å². The van der Waals surface area contributed by atoms with Crippen LogP contribution in [0, 0.1) is 6.92 Å². The molecule has 0 saturated carbocycles. The SMILES string of the molecule is Cc1ccc(C(C)NC(=O)c2ccccc2-n2cnnn2)o1. The first kappa shape index (κ1) is 14.0. The number of carbonyl (C=O) groups excluding carboxylic acids is 1. The maximum Gasteiger partial charge on any atom is 0.254 e. The van der Waals surface area contributed by atoms with Gasteiger partial charge in [-0.15, -0.1) is 5.10 Å². The minimum absolute atomic E-state index is 0.215. The van der Waals surface area contributed by atoms with Crippen molar-refractivity contribution in [2.75, 3.05) is 0 Å². The highest BCUT2D eigenvalue weighted by atomic mass is 16.3. The Morgan fingerprint density at radius 3 is 2.77 bits per heavy atom. The van der Waals surface area contributed by atoms with Gasteiger partial charge in [0.15, 0.2) is 0 Å². The minimum atomic E-state index is -0.233. The number of amides is 1. The first-order valence-electron chi connectivity index (χ1n) is 6.85. The van der Waals surface area contributed by atoms with Crippen LogP contribution in [0.4, 0.5) is 0 Å². The van der Waals surface area contributed by atoms with E-state index in [4.69, 9.17) is 4.42 Å². The van der Waals surface area contributed by atoms with Crippen LogP contribution in [0.15, 0.2) is 47.1 Å². The van der Waals surface area contributed by atoms with Gasteiger partial charge in [0.1, 0.15) is 17.8 Å². The molecule has 112 valence electrons. The topological polar surface area (TPSA) is 85.8 Å². The Bertz CT molecular complexity index is 779. The van der Waals surface area contributed by atoms with Gasteiger partial charge in [-0.05, 0) is 48.5 Å². The van der Waals surface area contributed by atoms with Gasteiger partial charge >= 0.3 is 0 Å². The molecule has 0 fully saturated rings. The summed E-state index contributed by atoms with van der Waals surface area (Å²) in [7, 11) is 0. The molecule has 0 bridgehead atoms. The molecule has 0 aliphatic rings. The average molecular weight is 297 g/mol. The molecule has 0 aliphatic carbocycles. The van der Waals surface area contributed by atoms with Crippen LogP contribution in [0.5, 0.6) is 0 Å². The van der Waals surface area contributed by atoms with Gasteiger partial charge in [-0.1, -0.05) is 12.1 Å². The zero-order valence-electron chi connectivity index (χ0n) is 12.2. The second kappa shape index (κ2) is 5.80. The molecule has 3 rings (SSSR count). The summed E-state index contributed by atoms with van der Waals surface area (Å²) < 4.78 is 6.99. The molecule has 1 aromatic carbocycles. The predicted octanol–water partition coefficient (Wildman–Crippen LogP) is 2.05. The number of hydrogen-bond donors (Lipinski definition) is 1. The number of aryl methyl sites for hydroxylation is 1. The van der Waals surface area contributed by atoms with Crippen LogP contribution >= 0.6 is 0 Å². The highest BCUT2D eigenvalue weighted by Crippen LogP contribution is 2.18. The lowest BCUT2D eigenvalue weighted by Gasteiger charge is -2.13. The molecule has 2 aromatic heterocycles. The molecular formula is C15H15N5O2. The summed E-state index contributed by atoms with van der Waals surface area (Å²) in [5, 5.41) is 13.9. The van der Waals surface area contributed by atoms with E-state index in [1.54, 1.807) is 18.2 Å². The van der Waals surface area contributed by atoms with Crippen molar-refractivity contribution in [1.82, 2.24) is 25.5 Å². The van der Waals surface area contributed by atoms with Crippen molar-refractivity contribution in [2.45, 2.75) is 19.9 Å². The largest absolute Gasteiger partial charge is 0.464 e. The monoisotopic (exact) mass is 297 g/mol. The molecule has 0 radical (unpaired) electrons. The minimum Gasteiger partial charge on any atom is -0.464 e. The highest BCUT2D eigenvalue weighted by Gasteiger charge is 2.17. The number of nitrogens with zero attached hydrogens (tertiary/aromatic N) is 4. The summed E-state index contributed by atoms with van der Waals surface area (Å²) in [6.45, 7) is 3.74. The zero-order valence-corrected chi connectivity index (χ0v) is 12.2. The number of furan rings is 1. The molecule has 2 heterocycles. The summed E-state index contributed by atoms with van der Waals surface area (Å²) in [5.41, 5.74) is 1.11. The quantitative estimate of drug-likeness (QED) is 0.796. The Kier molecular flexibility index (Phi) is 3.69. The molecule has 7 nitrogen and oxygen atoms in total. The van der Waals surface area contributed by atoms with Gasteiger partial charge in [-0.3, -0.25) is 4.79 Å². The molecule has 3 aromatic rings. The summed E-state index contributed by atoms with van der Waals surface area (Å²) in [4.78, 5) is 12.5. The molecular weight excluding hydrogens is 282 g/mol. The fourth-order valence-corrected chi connectivity index (χ4v) is 2.17. The van der Waals surface area contributed by atoms with Gasteiger partial charge in [-0.2, -0.15) is 4.68 Å². The molecule has 0 aliphatic heterocycles. The van der Waals surface area contributed by atoms with Crippen molar-refractivity contribution in [3.8, 4) is 5.69 Å². The molecule has 0 spiro atoms. The number of hydrogen-bond acceptors (Lipinski definition) is 5. The summed E-state index contributed by atoms with van der Waals surface area (Å²) >= 11 is 0. The number of benzene rings is 1. The summed E-state index contributed by atoms with van der Waals surface area (Å²) in [6.07, 6.45) is 1.45. The number of tetrazole rings is 1. The van der Waals surface area contributed by atoms with E-state index in [1.165, 1.54) is 11.0 Å². The zero-order chi connectivity index (χ0) is 15.5. The van der Waals surface area contributed by atoms with E-state index in [2.05, 4.69) is 20.8 Å². The summed E-state index contributed by atoms with van der Waals surface area (Å²) in [5.74, 6) is 1.31. The van der Waals surface area contributed by atoms with E-state index >= 15 is 0 Å². The Hall–Kier alpha value is -2.96. The van der Waals surface area contributed by atoms with Crippen LogP contribution in [0.2, 0.25) is 0 Å². The fourth-order valence-electron chi connectivity index (χ4n) is 2.17. The van der Waals surface area contributed by atoms with E-state index in [9.17, 15) is 4.79 Å². The second-order valence-electron chi connectivity index (χ2n) is 4.92. The van der Waals surface area contributed by atoms with Gasteiger partial charge < -0.3 is 9.73 Å². The van der Waals surface area contributed by atoms with Crippen molar-refractivity contribution in [1.29, 1.82) is 0 Å². The average Bonchev–Trinajstić information content (AvgIpc) is 3.18. The van der Waals surface area contributed by atoms with Gasteiger partial charge in [0, 0.05) is 0 Å². The standard InChI is InChI=1S/C15H15N5O2/c1-10-7-8-14(22-10)11(2)17-15(21)12-5-3-4-6-13(12)20-9-16-18-19-20/h3-9,11H,1-2H3,(H,17,21). The molecule has 7 heteroatoms. The maximum atomic E-state index is 12.5. The van der Waals surface area contributed by atoms with Crippen molar-refractivity contribution >= 4 is 5.91 Å². The number of para-hydroxylation sites is 1. The van der Waals surface area contributed by atoms with Crippen molar-refractivity contribution in [3.05, 3.63) is 59.8 Å². The molecule has 1 unspecified atom stereocenters. The smallest absolute Gasteiger partial charge is 0.254 e. The van der Waals surface area contributed by atoms with Crippen molar-refractivity contribution < 1.29 is 9.21 Å². The molecule has 1 atom stereocenters. The van der Waals surface area contributed by atoms with Crippen LogP contribution in [0.1, 0.15) is 34.8 Å². The number of carbonyl (C=O) groups is 1. The Labute approximate surface area is 126 Å². The lowest BCUT2D eigenvalue weighted by Crippen LogP contribution is -2.27. The van der Waals surface area contributed by atoms with Gasteiger partial charge in [0.05, 0.1) is 17.3 Å². The van der Waals surface area contributed by atoms with E-state index in [1.807, 2.05) is 32.0 Å². The van der Waals surface area contributed by atoms with E-state index in [0.29, 0.717) is 17.0 Å². The Morgan fingerprint density at radius 2 is 2.09 bits per heavy atom. The molecule has 22 heavy (non-hydrogen) atoms. The first-order chi connectivity index (χ1) is 10.6. The second-order valence-corrected chi connectivity index (χ2v) is 4.92. The molecule has 0 saturated heterocycles. The third-order valence-electron chi connectivity index (χ3n) is 3.28. The van der Waals surface area contributed by atoms with Gasteiger partial charge in [0.25, 0.3) is 5.91 Å². The number of rotatable bonds is 4. The van der Waals surface area contributed by atoms with E-state index in [0.717, 1.165) is 5.76 Å². The molecule has 1 N–H and O–H groups in total. The van der Waals surface area contributed by atoms with Gasteiger partial charge in [0.2, 0.25) is 0 Å². The molecule has 1 amide bonds. The van der Waals surface area contributed by atoms with Crippen molar-refractivity contribution in [3.63, 3.8) is 0 Å². The predicted molar refractivity (Wildman–Crippen MR) is 78.5 cm³/mol. The van der Waals surface area contributed by atoms with Crippen LogP contribution in [0.25, 0.3) is 5.69 Å². The van der Waals surface area contributed by atoms with E-state index in [-0.39, 0.29) is 11.9 Å². The fraction of sp³-hybridized carbons (Fsp3) is 0.200. The Balaban J connectivity index is 1.84. The first-order valence-corrected chi connectivity index (χ1v) is 6.85. The van der Waals surface area contributed by atoms with Crippen LogP contribution in [-0.2, 0) is 0 Å². The maximum absolute atomic E-state index is 12.5. The van der Waals surface area contributed by atoms with Crippen LogP contribution < -0.4 is 5.32 Å². The number of aromatic nitrogens is 4. The van der Waals surface area contributed by atoms with Crippen LogP contribution in [0.3, 0.4) is 0 Å². The Morgan fingerprint density at radius 1 is 1.27 bits per heavy atom. The van der Waals surface area contributed by atoms with Gasteiger partial charge in [-0.25, -0.2) is 0 Å². The normalized spacial score (nSPS) is 12.1.